The normalized spacial score (nSPS) is 26.6. The van der Waals surface area contributed by atoms with Gasteiger partial charge in [-0.1, -0.05) is 30.3 Å². The summed E-state index contributed by atoms with van der Waals surface area (Å²) in [5.41, 5.74) is 1.33. The molecule has 0 aliphatic carbocycles. The molecule has 1 aliphatic rings. The Morgan fingerprint density at radius 3 is 2.50 bits per heavy atom. The second kappa shape index (κ2) is 5.35. The van der Waals surface area contributed by atoms with Gasteiger partial charge in [-0.25, -0.2) is 0 Å². The first-order valence-corrected chi connectivity index (χ1v) is 4.80. The number of aliphatic hydroxyl groups excluding tert-OH is 1. The van der Waals surface area contributed by atoms with Crippen molar-refractivity contribution >= 4 is 12.4 Å². The number of nitrogens with one attached hydrogen (secondary N) is 1. The number of hydrogen-bond donors (Lipinski definition) is 2. The lowest BCUT2D eigenvalue weighted by molar-refractivity contribution is 0.132. The second-order valence-corrected chi connectivity index (χ2v) is 3.66. The zero-order chi connectivity index (χ0) is 9.10. The molecule has 0 spiro atoms. The molecule has 78 valence electrons. The summed E-state index contributed by atoms with van der Waals surface area (Å²) in [4.78, 5) is 0. The lowest BCUT2D eigenvalue weighted by atomic mass is 9.90. The van der Waals surface area contributed by atoms with Gasteiger partial charge in [0.2, 0.25) is 0 Å². The van der Waals surface area contributed by atoms with E-state index in [2.05, 4.69) is 29.6 Å². The Hall–Kier alpha value is -0.570. The van der Waals surface area contributed by atoms with Crippen LogP contribution in [-0.2, 0) is 0 Å². The third-order valence-corrected chi connectivity index (χ3v) is 2.60. The van der Waals surface area contributed by atoms with Crippen LogP contribution in [0.2, 0.25) is 0 Å². The van der Waals surface area contributed by atoms with E-state index in [1.54, 1.807) is 0 Å². The number of aliphatic hydroxyl groups is 1. The fourth-order valence-electron chi connectivity index (χ4n) is 1.90. The topological polar surface area (TPSA) is 32.3 Å². The highest BCUT2D eigenvalue weighted by Gasteiger charge is 2.20. The molecule has 0 amide bonds. The maximum atomic E-state index is 9.48. The Morgan fingerprint density at radius 2 is 1.86 bits per heavy atom. The van der Waals surface area contributed by atoms with Crippen molar-refractivity contribution < 1.29 is 5.11 Å². The van der Waals surface area contributed by atoms with Crippen molar-refractivity contribution in [3.63, 3.8) is 0 Å². The number of β-amino-alcohol motifs (C(OH)–C–C–N with tert-alkyl or cyclic N) is 1. The SMILES string of the molecule is Cl.O[C@H]1CNC[C@@H](c2ccccc2)C1. The maximum Gasteiger partial charge on any atom is 0.0670 e. The predicted molar refractivity (Wildman–Crippen MR) is 59.9 cm³/mol. The van der Waals surface area contributed by atoms with Gasteiger partial charge in [0.25, 0.3) is 0 Å². The van der Waals surface area contributed by atoms with Gasteiger partial charge in [0.05, 0.1) is 6.10 Å². The molecule has 1 aliphatic heterocycles. The van der Waals surface area contributed by atoms with Gasteiger partial charge in [-0.3, -0.25) is 0 Å². The Kier molecular flexibility index (Phi) is 4.39. The minimum absolute atomic E-state index is 0. The van der Waals surface area contributed by atoms with Gasteiger partial charge in [-0.15, -0.1) is 12.4 Å². The van der Waals surface area contributed by atoms with E-state index < -0.39 is 0 Å². The van der Waals surface area contributed by atoms with Crippen LogP contribution in [0, 0.1) is 0 Å². The monoisotopic (exact) mass is 213 g/mol. The van der Waals surface area contributed by atoms with Gasteiger partial charge >= 0.3 is 0 Å². The molecule has 0 aromatic heterocycles. The van der Waals surface area contributed by atoms with E-state index in [0.717, 1.165) is 19.5 Å². The first-order chi connectivity index (χ1) is 6.36. The summed E-state index contributed by atoms with van der Waals surface area (Å²) in [7, 11) is 0. The molecule has 0 unspecified atom stereocenters. The zero-order valence-electron chi connectivity index (χ0n) is 8.02. The van der Waals surface area contributed by atoms with Crippen LogP contribution in [0.1, 0.15) is 17.9 Å². The molecule has 2 atom stereocenters. The third-order valence-electron chi connectivity index (χ3n) is 2.60. The minimum atomic E-state index is -0.182. The first kappa shape index (κ1) is 11.5. The molecular weight excluding hydrogens is 198 g/mol. The molecule has 2 nitrogen and oxygen atoms in total. The van der Waals surface area contributed by atoms with Gasteiger partial charge in [-0.05, 0) is 17.9 Å². The minimum Gasteiger partial charge on any atom is -0.392 e. The summed E-state index contributed by atoms with van der Waals surface area (Å²) >= 11 is 0. The van der Waals surface area contributed by atoms with Crippen LogP contribution >= 0.6 is 12.4 Å². The zero-order valence-corrected chi connectivity index (χ0v) is 8.83. The molecule has 1 aromatic carbocycles. The standard InChI is InChI=1S/C11H15NO.ClH/c13-11-6-10(7-12-8-11)9-4-2-1-3-5-9;/h1-5,10-13H,6-8H2;1H/t10-,11+;/m0./s1. The molecule has 0 radical (unpaired) electrons. The highest BCUT2D eigenvalue weighted by molar-refractivity contribution is 5.85. The molecule has 1 heterocycles. The number of piperidine rings is 1. The molecular formula is C11H16ClNO. The Morgan fingerprint density at radius 1 is 1.14 bits per heavy atom. The molecule has 14 heavy (non-hydrogen) atoms. The highest BCUT2D eigenvalue weighted by Crippen LogP contribution is 2.22. The van der Waals surface area contributed by atoms with Crippen LogP contribution in [0.5, 0.6) is 0 Å². The molecule has 2 N–H and O–H groups in total. The Balaban J connectivity index is 0.000000980. The Labute approximate surface area is 90.7 Å². The summed E-state index contributed by atoms with van der Waals surface area (Å²) in [6.45, 7) is 1.73. The van der Waals surface area contributed by atoms with Gasteiger partial charge in [0, 0.05) is 13.1 Å². The van der Waals surface area contributed by atoms with E-state index in [1.807, 2.05) is 6.07 Å². The molecule has 0 bridgehead atoms. The van der Waals surface area contributed by atoms with Crippen LogP contribution in [-0.4, -0.2) is 24.3 Å². The van der Waals surface area contributed by atoms with Crippen LogP contribution in [0.4, 0.5) is 0 Å². The van der Waals surface area contributed by atoms with Gasteiger partial charge in [0.1, 0.15) is 0 Å². The van der Waals surface area contributed by atoms with E-state index in [9.17, 15) is 5.11 Å². The summed E-state index contributed by atoms with van der Waals surface area (Å²) in [6, 6.07) is 10.4. The van der Waals surface area contributed by atoms with Crippen molar-refractivity contribution in [1.82, 2.24) is 5.32 Å². The fourth-order valence-corrected chi connectivity index (χ4v) is 1.90. The molecule has 2 rings (SSSR count). The highest BCUT2D eigenvalue weighted by atomic mass is 35.5. The molecule has 1 fully saturated rings. The van der Waals surface area contributed by atoms with Gasteiger partial charge in [0.15, 0.2) is 0 Å². The van der Waals surface area contributed by atoms with E-state index in [0.29, 0.717) is 5.92 Å². The smallest absolute Gasteiger partial charge is 0.0670 e. The van der Waals surface area contributed by atoms with Crippen molar-refractivity contribution in [2.24, 2.45) is 0 Å². The molecule has 0 saturated carbocycles. The molecule has 1 saturated heterocycles. The molecule has 3 heteroatoms. The summed E-state index contributed by atoms with van der Waals surface area (Å²) in [6.07, 6.45) is 0.704. The van der Waals surface area contributed by atoms with Crippen LogP contribution in [0.15, 0.2) is 30.3 Å². The first-order valence-electron chi connectivity index (χ1n) is 4.80. The van der Waals surface area contributed by atoms with Crippen molar-refractivity contribution in [1.29, 1.82) is 0 Å². The number of hydrogen-bond acceptors (Lipinski definition) is 2. The maximum absolute atomic E-state index is 9.48. The van der Waals surface area contributed by atoms with Crippen molar-refractivity contribution in [3.05, 3.63) is 35.9 Å². The van der Waals surface area contributed by atoms with Gasteiger partial charge in [-0.2, -0.15) is 0 Å². The number of benzene rings is 1. The average molecular weight is 214 g/mol. The van der Waals surface area contributed by atoms with Gasteiger partial charge < -0.3 is 10.4 Å². The molecule has 1 aromatic rings. The van der Waals surface area contributed by atoms with Crippen LogP contribution < -0.4 is 5.32 Å². The van der Waals surface area contributed by atoms with Crippen LogP contribution in [0.25, 0.3) is 0 Å². The fraction of sp³-hybridized carbons (Fsp3) is 0.455. The predicted octanol–water partition coefficient (Wildman–Crippen LogP) is 1.55. The van der Waals surface area contributed by atoms with Crippen LogP contribution in [0.3, 0.4) is 0 Å². The average Bonchev–Trinajstić information content (AvgIpc) is 2.19. The summed E-state index contributed by atoms with van der Waals surface area (Å²) < 4.78 is 0. The van der Waals surface area contributed by atoms with Crippen molar-refractivity contribution in [2.45, 2.75) is 18.4 Å². The largest absolute Gasteiger partial charge is 0.392 e. The number of rotatable bonds is 1. The van der Waals surface area contributed by atoms with E-state index in [-0.39, 0.29) is 18.5 Å². The van der Waals surface area contributed by atoms with Crippen molar-refractivity contribution in [3.8, 4) is 0 Å². The number of halogens is 1. The van der Waals surface area contributed by atoms with E-state index >= 15 is 0 Å². The van der Waals surface area contributed by atoms with E-state index in [4.69, 9.17) is 0 Å². The third kappa shape index (κ3) is 2.71. The van der Waals surface area contributed by atoms with E-state index in [1.165, 1.54) is 5.56 Å². The lowest BCUT2D eigenvalue weighted by Crippen LogP contribution is -2.38. The van der Waals surface area contributed by atoms with Crippen molar-refractivity contribution in [2.75, 3.05) is 13.1 Å². The summed E-state index contributed by atoms with van der Waals surface area (Å²) in [5, 5.41) is 12.7. The quantitative estimate of drug-likeness (QED) is 0.742. The second-order valence-electron chi connectivity index (χ2n) is 3.66. The Bertz CT molecular complexity index is 265. The summed E-state index contributed by atoms with van der Waals surface area (Å²) in [5.74, 6) is 0.477. The lowest BCUT2D eigenvalue weighted by Gasteiger charge is -2.27.